The molecule has 1 saturated heterocycles. The summed E-state index contributed by atoms with van der Waals surface area (Å²) in [6.45, 7) is 3.56. The van der Waals surface area contributed by atoms with Crippen molar-refractivity contribution in [1.82, 2.24) is 25.1 Å². The molecule has 0 radical (unpaired) electrons. The molecule has 3 aromatic rings. The highest BCUT2D eigenvalue weighted by atomic mass is 16.2. The number of benzene rings is 1. The minimum atomic E-state index is -0.181. The SMILES string of the molecule is Cc1cccc(NC(=O)NC2CCN(c3ccc4nncn4n3)C2)c1. The van der Waals surface area contributed by atoms with E-state index in [0.29, 0.717) is 0 Å². The summed E-state index contributed by atoms with van der Waals surface area (Å²) >= 11 is 0. The maximum Gasteiger partial charge on any atom is 0.319 e. The van der Waals surface area contributed by atoms with E-state index in [1.807, 2.05) is 43.3 Å². The number of carbonyl (C=O) groups excluding carboxylic acids is 1. The Labute approximate surface area is 144 Å². The third-order valence-electron chi connectivity index (χ3n) is 4.27. The first-order valence-corrected chi connectivity index (χ1v) is 8.23. The summed E-state index contributed by atoms with van der Waals surface area (Å²) in [4.78, 5) is 14.3. The molecule has 128 valence electrons. The zero-order valence-electron chi connectivity index (χ0n) is 13.9. The lowest BCUT2D eigenvalue weighted by atomic mass is 10.2. The fourth-order valence-corrected chi connectivity index (χ4v) is 3.05. The van der Waals surface area contributed by atoms with Gasteiger partial charge in [-0.3, -0.25) is 0 Å². The van der Waals surface area contributed by atoms with Gasteiger partial charge in [-0.15, -0.1) is 15.3 Å². The number of aryl methyl sites for hydroxylation is 1. The van der Waals surface area contributed by atoms with E-state index in [1.165, 1.54) is 0 Å². The molecular weight excluding hydrogens is 318 g/mol. The molecule has 25 heavy (non-hydrogen) atoms. The number of hydrogen-bond donors (Lipinski definition) is 2. The smallest absolute Gasteiger partial charge is 0.319 e. The number of amides is 2. The minimum absolute atomic E-state index is 0.0863. The van der Waals surface area contributed by atoms with Crippen molar-refractivity contribution >= 4 is 23.2 Å². The van der Waals surface area contributed by atoms with Crippen molar-refractivity contribution in [2.24, 2.45) is 0 Å². The number of anilines is 2. The molecule has 1 fully saturated rings. The van der Waals surface area contributed by atoms with Crippen LogP contribution in [0.15, 0.2) is 42.7 Å². The Bertz CT molecular complexity index is 907. The molecule has 0 bridgehead atoms. The van der Waals surface area contributed by atoms with E-state index in [2.05, 4.69) is 30.8 Å². The molecule has 0 saturated carbocycles. The van der Waals surface area contributed by atoms with Crippen LogP contribution < -0.4 is 15.5 Å². The maximum atomic E-state index is 12.2. The molecule has 1 aliphatic heterocycles. The van der Waals surface area contributed by atoms with Gasteiger partial charge in [0.15, 0.2) is 5.65 Å². The van der Waals surface area contributed by atoms with E-state index in [4.69, 9.17) is 0 Å². The summed E-state index contributed by atoms with van der Waals surface area (Å²) in [5, 5.41) is 18.2. The topological polar surface area (TPSA) is 87.5 Å². The molecule has 2 aromatic heterocycles. The molecule has 1 atom stereocenters. The van der Waals surface area contributed by atoms with Crippen molar-refractivity contribution in [3.8, 4) is 0 Å². The van der Waals surface area contributed by atoms with Crippen LogP contribution in [-0.2, 0) is 0 Å². The molecule has 1 aliphatic rings. The summed E-state index contributed by atoms with van der Waals surface area (Å²) in [5.74, 6) is 0.857. The Kier molecular flexibility index (Phi) is 3.93. The number of nitrogens with one attached hydrogen (secondary N) is 2. The monoisotopic (exact) mass is 337 g/mol. The van der Waals surface area contributed by atoms with Gasteiger partial charge >= 0.3 is 6.03 Å². The number of hydrogen-bond acceptors (Lipinski definition) is 5. The van der Waals surface area contributed by atoms with E-state index in [0.717, 1.165) is 42.2 Å². The van der Waals surface area contributed by atoms with Gasteiger partial charge in [0, 0.05) is 24.8 Å². The highest BCUT2D eigenvalue weighted by Gasteiger charge is 2.25. The van der Waals surface area contributed by atoms with Crippen LogP contribution in [0.25, 0.3) is 5.65 Å². The van der Waals surface area contributed by atoms with Crippen LogP contribution in [0.3, 0.4) is 0 Å². The van der Waals surface area contributed by atoms with Gasteiger partial charge in [-0.05, 0) is 43.2 Å². The van der Waals surface area contributed by atoms with Crippen LogP contribution in [0.2, 0.25) is 0 Å². The van der Waals surface area contributed by atoms with Gasteiger partial charge in [-0.2, -0.15) is 4.52 Å². The van der Waals surface area contributed by atoms with Crippen molar-refractivity contribution in [1.29, 1.82) is 0 Å². The Morgan fingerprint density at radius 1 is 1.28 bits per heavy atom. The molecule has 1 unspecified atom stereocenters. The molecule has 0 spiro atoms. The zero-order valence-corrected chi connectivity index (χ0v) is 13.9. The van der Waals surface area contributed by atoms with Crippen LogP contribution in [0.1, 0.15) is 12.0 Å². The average Bonchev–Trinajstić information content (AvgIpc) is 3.23. The molecule has 3 heterocycles. The fourth-order valence-electron chi connectivity index (χ4n) is 3.05. The molecule has 8 heteroatoms. The van der Waals surface area contributed by atoms with Gasteiger partial charge in [-0.1, -0.05) is 12.1 Å². The molecule has 8 nitrogen and oxygen atoms in total. The Morgan fingerprint density at radius 2 is 2.20 bits per heavy atom. The van der Waals surface area contributed by atoms with Crippen LogP contribution in [0.4, 0.5) is 16.3 Å². The zero-order chi connectivity index (χ0) is 17.2. The number of nitrogens with zero attached hydrogens (tertiary/aromatic N) is 5. The predicted octanol–water partition coefficient (Wildman–Crippen LogP) is 1.83. The summed E-state index contributed by atoms with van der Waals surface area (Å²) in [7, 11) is 0. The van der Waals surface area contributed by atoms with Gasteiger partial charge < -0.3 is 15.5 Å². The van der Waals surface area contributed by atoms with Crippen molar-refractivity contribution in [2.75, 3.05) is 23.3 Å². The average molecular weight is 337 g/mol. The first-order valence-electron chi connectivity index (χ1n) is 8.23. The number of rotatable bonds is 3. The lowest BCUT2D eigenvalue weighted by molar-refractivity contribution is 0.249. The quantitative estimate of drug-likeness (QED) is 0.761. The predicted molar refractivity (Wildman–Crippen MR) is 94.7 cm³/mol. The van der Waals surface area contributed by atoms with Crippen LogP contribution in [-0.4, -0.2) is 45.0 Å². The number of aromatic nitrogens is 4. The van der Waals surface area contributed by atoms with Crippen LogP contribution in [0, 0.1) is 6.92 Å². The van der Waals surface area contributed by atoms with E-state index < -0.39 is 0 Å². The van der Waals surface area contributed by atoms with E-state index >= 15 is 0 Å². The Balaban J connectivity index is 1.36. The summed E-state index contributed by atoms with van der Waals surface area (Å²) < 4.78 is 1.65. The van der Waals surface area contributed by atoms with Gasteiger partial charge in [0.25, 0.3) is 0 Å². The van der Waals surface area contributed by atoms with Gasteiger partial charge in [0.05, 0.1) is 0 Å². The standard InChI is InChI=1S/C17H19N7O/c1-12-3-2-4-13(9-12)19-17(25)20-14-7-8-23(10-14)16-6-5-15-21-18-11-24(15)22-16/h2-6,9,11,14H,7-8,10H2,1H3,(H2,19,20,25). The fraction of sp³-hybridized carbons (Fsp3) is 0.294. The molecule has 4 rings (SSSR count). The number of carbonyl (C=O) groups is 1. The van der Waals surface area contributed by atoms with E-state index in [1.54, 1.807) is 10.8 Å². The lowest BCUT2D eigenvalue weighted by Gasteiger charge is -2.18. The van der Waals surface area contributed by atoms with Crippen molar-refractivity contribution < 1.29 is 4.79 Å². The summed E-state index contributed by atoms with van der Waals surface area (Å²) in [6, 6.07) is 11.5. The van der Waals surface area contributed by atoms with Gasteiger partial charge in [-0.25, -0.2) is 4.79 Å². The first-order chi connectivity index (χ1) is 12.2. The molecular formula is C17H19N7O. The van der Waals surface area contributed by atoms with Gasteiger partial charge in [0.2, 0.25) is 0 Å². The van der Waals surface area contributed by atoms with Crippen LogP contribution in [0.5, 0.6) is 0 Å². The normalized spacial score (nSPS) is 17.0. The second kappa shape index (κ2) is 6.39. The maximum absolute atomic E-state index is 12.2. The Morgan fingerprint density at radius 3 is 3.08 bits per heavy atom. The second-order valence-corrected chi connectivity index (χ2v) is 6.22. The minimum Gasteiger partial charge on any atom is -0.353 e. The lowest BCUT2D eigenvalue weighted by Crippen LogP contribution is -2.39. The molecule has 0 aliphatic carbocycles. The first kappa shape index (κ1) is 15.4. The summed E-state index contributed by atoms with van der Waals surface area (Å²) in [5.41, 5.74) is 2.63. The van der Waals surface area contributed by atoms with Crippen molar-refractivity contribution in [3.05, 3.63) is 48.3 Å². The highest BCUT2D eigenvalue weighted by Crippen LogP contribution is 2.18. The third kappa shape index (κ3) is 3.37. The van der Waals surface area contributed by atoms with E-state index in [-0.39, 0.29) is 12.1 Å². The summed E-state index contributed by atoms with van der Waals surface area (Å²) in [6.07, 6.45) is 2.46. The molecule has 2 N–H and O–H groups in total. The number of urea groups is 1. The molecule has 2 amide bonds. The van der Waals surface area contributed by atoms with Crippen molar-refractivity contribution in [2.45, 2.75) is 19.4 Å². The van der Waals surface area contributed by atoms with E-state index in [9.17, 15) is 4.79 Å². The highest BCUT2D eigenvalue weighted by molar-refractivity contribution is 5.89. The second-order valence-electron chi connectivity index (χ2n) is 6.22. The largest absolute Gasteiger partial charge is 0.353 e. The third-order valence-corrected chi connectivity index (χ3v) is 4.27. The number of fused-ring (bicyclic) bond motifs is 1. The Hall–Kier alpha value is -3.16. The molecule has 1 aromatic carbocycles. The van der Waals surface area contributed by atoms with Crippen LogP contribution >= 0.6 is 0 Å². The van der Waals surface area contributed by atoms with Gasteiger partial charge in [0.1, 0.15) is 12.1 Å². The van der Waals surface area contributed by atoms with Crippen molar-refractivity contribution in [3.63, 3.8) is 0 Å².